The van der Waals surface area contributed by atoms with Crippen molar-refractivity contribution in [3.63, 3.8) is 0 Å². The van der Waals surface area contributed by atoms with Crippen LogP contribution in [0.25, 0.3) is 11.3 Å². The van der Waals surface area contributed by atoms with Crippen molar-refractivity contribution >= 4 is 17.4 Å². The van der Waals surface area contributed by atoms with Gasteiger partial charge >= 0.3 is 0 Å². The molecular weight excluding hydrogens is 456 g/mol. The van der Waals surface area contributed by atoms with E-state index in [0.717, 1.165) is 55.8 Å². The van der Waals surface area contributed by atoms with Crippen LogP contribution < -0.4 is 4.90 Å². The lowest BCUT2D eigenvalue weighted by Gasteiger charge is -2.48. The molecule has 1 aliphatic heterocycles. The molecule has 1 saturated carbocycles. The van der Waals surface area contributed by atoms with Gasteiger partial charge in [-0.05, 0) is 78.8 Å². The smallest absolute Gasteiger partial charge is 0.151 e. The second-order valence-corrected chi connectivity index (χ2v) is 10.8. The first-order valence-corrected chi connectivity index (χ1v) is 12.3. The summed E-state index contributed by atoms with van der Waals surface area (Å²) in [6.07, 6.45) is 4.24. The molecule has 6 rings (SSSR count). The van der Waals surface area contributed by atoms with Gasteiger partial charge < -0.3 is 4.90 Å². The fraction of sp³-hybridized carbons (Fsp3) is 0.462. The third-order valence-electron chi connectivity index (χ3n) is 8.75. The Labute approximate surface area is 202 Å². The van der Waals surface area contributed by atoms with Crippen LogP contribution in [-0.4, -0.2) is 33.5 Å². The van der Waals surface area contributed by atoms with E-state index in [1.54, 1.807) is 6.07 Å². The van der Waals surface area contributed by atoms with Crippen LogP contribution in [0.4, 0.5) is 14.6 Å². The molecule has 3 atom stereocenters. The zero-order valence-corrected chi connectivity index (χ0v) is 20.0. The summed E-state index contributed by atoms with van der Waals surface area (Å²) in [5, 5.41) is 17.8. The molecule has 3 aromatic rings. The van der Waals surface area contributed by atoms with E-state index in [4.69, 9.17) is 16.7 Å². The molecule has 1 saturated heterocycles. The molecule has 2 aromatic heterocycles. The van der Waals surface area contributed by atoms with Gasteiger partial charge in [0.15, 0.2) is 11.0 Å². The predicted octanol–water partition coefficient (Wildman–Crippen LogP) is 5.94. The SMILES string of the molecule is CC1(C)[C@H]2CCC1([C@H]1CCCN(c3ccc(Cl)nn3)C1)c1nnc(-c3c(F)cccc3F)cc12. The van der Waals surface area contributed by atoms with Gasteiger partial charge in [0.05, 0.1) is 17.0 Å². The molecule has 1 aromatic carbocycles. The monoisotopic (exact) mass is 481 g/mol. The number of halogens is 3. The Bertz CT molecular complexity index is 1240. The molecule has 176 valence electrons. The van der Waals surface area contributed by atoms with Crippen LogP contribution in [0.3, 0.4) is 0 Å². The first kappa shape index (κ1) is 21.8. The van der Waals surface area contributed by atoms with Crippen molar-refractivity contribution < 1.29 is 8.78 Å². The molecule has 0 N–H and O–H groups in total. The molecule has 5 nitrogen and oxygen atoms in total. The van der Waals surface area contributed by atoms with Gasteiger partial charge in [-0.2, -0.15) is 10.2 Å². The Morgan fingerprint density at radius 3 is 2.53 bits per heavy atom. The van der Waals surface area contributed by atoms with E-state index in [2.05, 4.69) is 34.0 Å². The average molecular weight is 482 g/mol. The van der Waals surface area contributed by atoms with E-state index in [0.29, 0.717) is 11.1 Å². The Morgan fingerprint density at radius 2 is 1.79 bits per heavy atom. The Balaban J connectivity index is 1.41. The van der Waals surface area contributed by atoms with Gasteiger partial charge in [-0.15, -0.1) is 10.2 Å². The summed E-state index contributed by atoms with van der Waals surface area (Å²) in [6.45, 7) is 6.45. The minimum Gasteiger partial charge on any atom is -0.355 e. The minimum atomic E-state index is -0.613. The van der Waals surface area contributed by atoms with Gasteiger partial charge in [-0.25, -0.2) is 8.78 Å². The topological polar surface area (TPSA) is 54.8 Å². The first-order valence-electron chi connectivity index (χ1n) is 11.9. The molecule has 1 unspecified atom stereocenters. The van der Waals surface area contributed by atoms with E-state index in [1.807, 2.05) is 12.1 Å². The van der Waals surface area contributed by atoms with Gasteiger partial charge in [-0.3, -0.25) is 0 Å². The highest BCUT2D eigenvalue weighted by molar-refractivity contribution is 6.29. The second-order valence-electron chi connectivity index (χ2n) is 10.4. The number of anilines is 1. The van der Waals surface area contributed by atoms with E-state index in [9.17, 15) is 8.78 Å². The van der Waals surface area contributed by atoms with Crippen LogP contribution in [0.5, 0.6) is 0 Å². The van der Waals surface area contributed by atoms with Gasteiger partial charge in [0.2, 0.25) is 0 Å². The van der Waals surface area contributed by atoms with Crippen LogP contribution in [0.15, 0.2) is 36.4 Å². The number of benzene rings is 1. The number of nitrogens with zero attached hydrogens (tertiary/aromatic N) is 5. The van der Waals surface area contributed by atoms with Crippen LogP contribution >= 0.6 is 11.6 Å². The highest BCUT2D eigenvalue weighted by Gasteiger charge is 2.66. The number of aromatic nitrogens is 4. The van der Waals surface area contributed by atoms with E-state index >= 15 is 0 Å². The van der Waals surface area contributed by atoms with Gasteiger partial charge in [-0.1, -0.05) is 31.5 Å². The lowest BCUT2D eigenvalue weighted by molar-refractivity contribution is 0.112. The maximum atomic E-state index is 14.5. The fourth-order valence-corrected chi connectivity index (χ4v) is 7.31. The molecular formula is C26H26ClF2N5. The molecule has 3 aliphatic rings. The van der Waals surface area contributed by atoms with Gasteiger partial charge in [0, 0.05) is 18.5 Å². The predicted molar refractivity (Wildman–Crippen MR) is 127 cm³/mol. The normalized spacial score (nSPS) is 27.1. The summed E-state index contributed by atoms with van der Waals surface area (Å²) >= 11 is 5.95. The maximum Gasteiger partial charge on any atom is 0.151 e. The number of piperidine rings is 1. The quantitative estimate of drug-likeness (QED) is 0.463. The standard InChI is InChI=1S/C26H26ClF2N5/c1-25(2)17-10-11-26(25,15-5-4-12-34(14-15)22-9-8-21(27)31-32-22)24-16(17)13-20(30-33-24)23-18(28)6-3-7-19(23)29/h3,6-9,13,15,17H,4-5,10-12,14H2,1-2H3/t15-,17-,26?/m0/s1. The summed E-state index contributed by atoms with van der Waals surface area (Å²) < 4.78 is 29.0. The summed E-state index contributed by atoms with van der Waals surface area (Å²) in [6, 6.07) is 9.50. The van der Waals surface area contributed by atoms with Crippen LogP contribution in [0, 0.1) is 23.0 Å². The molecule has 0 amide bonds. The highest BCUT2D eigenvalue weighted by atomic mass is 35.5. The molecule has 2 fully saturated rings. The van der Waals surface area contributed by atoms with E-state index in [1.165, 1.54) is 18.2 Å². The van der Waals surface area contributed by atoms with Crippen molar-refractivity contribution in [1.82, 2.24) is 20.4 Å². The number of hydrogen-bond acceptors (Lipinski definition) is 5. The summed E-state index contributed by atoms with van der Waals surface area (Å²) in [5.74, 6) is 0.270. The van der Waals surface area contributed by atoms with E-state index < -0.39 is 11.6 Å². The van der Waals surface area contributed by atoms with Crippen molar-refractivity contribution in [3.8, 4) is 11.3 Å². The molecule has 2 aliphatic carbocycles. The average Bonchev–Trinajstić information content (AvgIpc) is 3.21. The largest absolute Gasteiger partial charge is 0.355 e. The van der Waals surface area contributed by atoms with Crippen molar-refractivity contribution in [2.75, 3.05) is 18.0 Å². The molecule has 2 bridgehead atoms. The van der Waals surface area contributed by atoms with Crippen LogP contribution in [0.2, 0.25) is 5.15 Å². The minimum absolute atomic E-state index is 0.0320. The lowest BCUT2D eigenvalue weighted by atomic mass is 9.59. The van der Waals surface area contributed by atoms with Gasteiger partial charge in [0.1, 0.15) is 11.6 Å². The maximum absolute atomic E-state index is 14.5. The molecule has 0 spiro atoms. The van der Waals surface area contributed by atoms with Crippen LogP contribution in [0.1, 0.15) is 56.7 Å². The molecule has 0 radical (unpaired) electrons. The Hall–Kier alpha value is -2.67. The number of fused-ring (bicyclic) bond motifs is 5. The van der Waals surface area contributed by atoms with Gasteiger partial charge in [0.25, 0.3) is 0 Å². The molecule has 34 heavy (non-hydrogen) atoms. The second kappa shape index (κ2) is 7.67. The summed E-state index contributed by atoms with van der Waals surface area (Å²) in [5.41, 5.74) is 2.13. The summed E-state index contributed by atoms with van der Waals surface area (Å²) in [4.78, 5) is 2.30. The van der Waals surface area contributed by atoms with Crippen molar-refractivity contribution in [2.24, 2.45) is 11.3 Å². The molecule has 3 heterocycles. The third kappa shape index (κ3) is 2.95. The van der Waals surface area contributed by atoms with Crippen molar-refractivity contribution in [1.29, 1.82) is 0 Å². The molecule has 8 heteroatoms. The van der Waals surface area contributed by atoms with E-state index in [-0.39, 0.29) is 28.0 Å². The Kier molecular flexibility index (Phi) is 4.93. The Morgan fingerprint density at radius 1 is 1.00 bits per heavy atom. The zero-order valence-electron chi connectivity index (χ0n) is 19.2. The summed E-state index contributed by atoms with van der Waals surface area (Å²) in [7, 11) is 0. The lowest BCUT2D eigenvalue weighted by Crippen LogP contribution is -2.50. The zero-order chi connectivity index (χ0) is 23.7. The highest BCUT2D eigenvalue weighted by Crippen LogP contribution is 2.70. The van der Waals surface area contributed by atoms with Crippen LogP contribution in [-0.2, 0) is 5.41 Å². The first-order chi connectivity index (χ1) is 16.3. The third-order valence-corrected chi connectivity index (χ3v) is 8.95. The number of rotatable bonds is 3. The fourth-order valence-electron chi connectivity index (χ4n) is 7.21. The van der Waals surface area contributed by atoms with Crippen molar-refractivity contribution in [3.05, 3.63) is 64.4 Å². The van der Waals surface area contributed by atoms with Crippen molar-refractivity contribution in [2.45, 2.75) is 50.9 Å². The number of hydrogen-bond donors (Lipinski definition) is 0.